The van der Waals surface area contributed by atoms with Gasteiger partial charge in [0.1, 0.15) is 5.82 Å². The van der Waals surface area contributed by atoms with Crippen LogP contribution in [0.4, 0.5) is 5.82 Å². The molecule has 0 radical (unpaired) electrons. The summed E-state index contributed by atoms with van der Waals surface area (Å²) in [6.45, 7) is 5.16. The van der Waals surface area contributed by atoms with E-state index in [9.17, 15) is 9.59 Å². The normalized spacial score (nSPS) is 18.0. The first-order valence-electron chi connectivity index (χ1n) is 11.4. The lowest BCUT2D eigenvalue weighted by atomic mass is 10.0. The van der Waals surface area contributed by atoms with Crippen LogP contribution >= 0.6 is 0 Å². The van der Waals surface area contributed by atoms with Crippen LogP contribution in [0.2, 0.25) is 0 Å². The van der Waals surface area contributed by atoms with E-state index in [1.165, 1.54) is 5.56 Å². The van der Waals surface area contributed by atoms with Gasteiger partial charge in [-0.3, -0.25) is 19.2 Å². The van der Waals surface area contributed by atoms with Crippen molar-refractivity contribution in [3.8, 4) is 0 Å². The number of fused-ring (bicyclic) bond motifs is 1. The van der Waals surface area contributed by atoms with E-state index in [2.05, 4.69) is 29.4 Å². The van der Waals surface area contributed by atoms with Crippen LogP contribution in [-0.4, -0.2) is 43.0 Å². The molecule has 170 valence electrons. The first-order chi connectivity index (χ1) is 15.9. The van der Waals surface area contributed by atoms with Crippen LogP contribution in [0.5, 0.6) is 0 Å². The van der Waals surface area contributed by atoms with E-state index in [0.717, 1.165) is 29.7 Å². The molecule has 1 aromatic carbocycles. The second-order valence-electron chi connectivity index (χ2n) is 8.99. The number of carbonyl (C=O) groups excluding carboxylic acids is 2. The fourth-order valence-electron chi connectivity index (χ4n) is 4.77. The summed E-state index contributed by atoms with van der Waals surface area (Å²) in [5.74, 6) is 1.32. The number of aromatic nitrogens is 4. The van der Waals surface area contributed by atoms with Crippen molar-refractivity contribution < 1.29 is 9.59 Å². The summed E-state index contributed by atoms with van der Waals surface area (Å²) >= 11 is 0. The molecule has 8 nitrogen and oxygen atoms in total. The summed E-state index contributed by atoms with van der Waals surface area (Å²) in [6, 6.07) is 8.01. The van der Waals surface area contributed by atoms with Crippen molar-refractivity contribution in [1.29, 1.82) is 0 Å². The van der Waals surface area contributed by atoms with Crippen molar-refractivity contribution in [2.45, 2.75) is 52.1 Å². The molecule has 1 atom stereocenters. The molecule has 33 heavy (non-hydrogen) atoms. The zero-order chi connectivity index (χ0) is 23.1. The van der Waals surface area contributed by atoms with Gasteiger partial charge in [0, 0.05) is 37.5 Å². The SMILES string of the molecule is Cc1ccc(CN2C(=O)CCc3c(C)nc([C@@H]4CCCN4C(=O)c4cnn(C)c4)nc32)cc1. The number of likely N-dealkylation sites (tertiary alicyclic amines) is 1. The maximum Gasteiger partial charge on any atom is 0.257 e. The van der Waals surface area contributed by atoms with Crippen LogP contribution in [0.15, 0.2) is 36.7 Å². The average molecular weight is 445 g/mol. The van der Waals surface area contributed by atoms with Gasteiger partial charge in [0.15, 0.2) is 5.82 Å². The fraction of sp³-hybridized carbons (Fsp3) is 0.400. The summed E-state index contributed by atoms with van der Waals surface area (Å²) in [6.07, 6.45) is 6.13. The van der Waals surface area contributed by atoms with E-state index >= 15 is 0 Å². The fourth-order valence-corrected chi connectivity index (χ4v) is 4.77. The monoisotopic (exact) mass is 444 g/mol. The maximum absolute atomic E-state index is 13.2. The molecule has 2 aliphatic heterocycles. The molecule has 0 spiro atoms. The van der Waals surface area contributed by atoms with Crippen molar-refractivity contribution >= 4 is 17.6 Å². The molecule has 0 bridgehead atoms. The molecule has 2 aliphatic rings. The number of nitrogens with zero attached hydrogens (tertiary/aromatic N) is 6. The van der Waals surface area contributed by atoms with E-state index in [0.29, 0.717) is 43.1 Å². The number of hydrogen-bond acceptors (Lipinski definition) is 5. The Morgan fingerprint density at radius 2 is 1.91 bits per heavy atom. The number of aryl methyl sites for hydroxylation is 3. The van der Waals surface area contributed by atoms with Gasteiger partial charge in [0.2, 0.25) is 5.91 Å². The largest absolute Gasteiger partial charge is 0.328 e. The third kappa shape index (κ3) is 4.01. The highest BCUT2D eigenvalue weighted by atomic mass is 16.2. The van der Waals surface area contributed by atoms with Crippen LogP contribution in [0.1, 0.15) is 63.9 Å². The lowest BCUT2D eigenvalue weighted by molar-refractivity contribution is -0.119. The molecule has 0 N–H and O–H groups in total. The van der Waals surface area contributed by atoms with E-state index in [1.807, 2.05) is 18.7 Å². The van der Waals surface area contributed by atoms with Gasteiger partial charge in [-0.1, -0.05) is 29.8 Å². The van der Waals surface area contributed by atoms with Crippen LogP contribution < -0.4 is 4.90 Å². The summed E-state index contributed by atoms with van der Waals surface area (Å²) in [7, 11) is 1.80. The van der Waals surface area contributed by atoms with Crippen LogP contribution in [-0.2, 0) is 24.8 Å². The Hall–Kier alpha value is -3.55. The second kappa shape index (κ2) is 8.42. The minimum atomic E-state index is -0.208. The zero-order valence-electron chi connectivity index (χ0n) is 19.3. The van der Waals surface area contributed by atoms with E-state index in [4.69, 9.17) is 9.97 Å². The summed E-state index contributed by atoms with van der Waals surface area (Å²) in [4.78, 5) is 39.4. The quantitative estimate of drug-likeness (QED) is 0.617. The molecule has 0 aliphatic carbocycles. The van der Waals surface area contributed by atoms with Crippen molar-refractivity contribution in [3.63, 3.8) is 0 Å². The molecule has 3 aromatic rings. The van der Waals surface area contributed by atoms with Crippen molar-refractivity contribution in [2.75, 3.05) is 11.4 Å². The number of anilines is 1. The summed E-state index contributed by atoms with van der Waals surface area (Å²) in [5, 5.41) is 4.14. The molecule has 2 amide bonds. The minimum Gasteiger partial charge on any atom is -0.328 e. The van der Waals surface area contributed by atoms with Gasteiger partial charge >= 0.3 is 0 Å². The summed E-state index contributed by atoms with van der Waals surface area (Å²) in [5.41, 5.74) is 4.72. The standard InChI is InChI=1S/C25H28N6O2/c1-16-6-8-18(9-7-16)14-31-22(32)11-10-20-17(2)27-23(28-24(20)31)21-5-4-12-30(21)25(33)19-13-26-29(3)15-19/h6-9,13,15,21H,4-5,10-12,14H2,1-3H3/t21-/m0/s1. The Morgan fingerprint density at radius 1 is 1.12 bits per heavy atom. The molecule has 8 heteroatoms. The number of carbonyl (C=O) groups is 2. The molecule has 5 rings (SSSR count). The smallest absolute Gasteiger partial charge is 0.257 e. The Morgan fingerprint density at radius 3 is 2.64 bits per heavy atom. The molecule has 0 unspecified atom stereocenters. The Kier molecular flexibility index (Phi) is 5.44. The average Bonchev–Trinajstić information content (AvgIpc) is 3.46. The number of hydrogen-bond donors (Lipinski definition) is 0. The van der Waals surface area contributed by atoms with Crippen LogP contribution in [0.25, 0.3) is 0 Å². The highest BCUT2D eigenvalue weighted by Gasteiger charge is 2.35. The molecule has 0 saturated carbocycles. The molecular formula is C25H28N6O2. The minimum absolute atomic E-state index is 0.0582. The predicted molar refractivity (Wildman–Crippen MR) is 124 cm³/mol. The zero-order valence-corrected chi connectivity index (χ0v) is 19.3. The number of rotatable bonds is 4. The van der Waals surface area contributed by atoms with Gasteiger partial charge in [-0.25, -0.2) is 9.97 Å². The van der Waals surface area contributed by atoms with Gasteiger partial charge in [-0.15, -0.1) is 0 Å². The highest BCUT2D eigenvalue weighted by Crippen LogP contribution is 2.35. The van der Waals surface area contributed by atoms with Crippen molar-refractivity contribution in [3.05, 3.63) is 70.4 Å². The van der Waals surface area contributed by atoms with Crippen LogP contribution in [0.3, 0.4) is 0 Å². The molecule has 4 heterocycles. The van der Waals surface area contributed by atoms with Gasteiger partial charge in [0.25, 0.3) is 5.91 Å². The number of amides is 2. The highest BCUT2D eigenvalue weighted by molar-refractivity contribution is 5.95. The third-order valence-corrected chi connectivity index (χ3v) is 6.58. The maximum atomic E-state index is 13.2. The predicted octanol–water partition coefficient (Wildman–Crippen LogP) is 3.28. The van der Waals surface area contributed by atoms with Crippen molar-refractivity contribution in [2.24, 2.45) is 7.05 Å². The first kappa shape index (κ1) is 21.3. The molecule has 2 aromatic heterocycles. The lowest BCUT2D eigenvalue weighted by Gasteiger charge is -2.31. The van der Waals surface area contributed by atoms with E-state index < -0.39 is 0 Å². The van der Waals surface area contributed by atoms with E-state index in [1.54, 1.807) is 29.0 Å². The van der Waals surface area contributed by atoms with Gasteiger partial charge in [-0.2, -0.15) is 5.10 Å². The van der Waals surface area contributed by atoms with Gasteiger partial charge in [0.05, 0.1) is 24.3 Å². The van der Waals surface area contributed by atoms with Crippen LogP contribution in [0, 0.1) is 13.8 Å². The molecule has 1 saturated heterocycles. The second-order valence-corrected chi connectivity index (χ2v) is 8.99. The Labute approximate surface area is 193 Å². The lowest BCUT2D eigenvalue weighted by Crippen LogP contribution is -2.37. The summed E-state index contributed by atoms with van der Waals surface area (Å²) < 4.78 is 1.63. The molecular weight excluding hydrogens is 416 g/mol. The van der Waals surface area contributed by atoms with Gasteiger partial charge in [-0.05, 0) is 38.7 Å². The van der Waals surface area contributed by atoms with Gasteiger partial charge < -0.3 is 4.90 Å². The molecule has 1 fully saturated rings. The number of benzene rings is 1. The third-order valence-electron chi connectivity index (χ3n) is 6.58. The van der Waals surface area contributed by atoms with Crippen molar-refractivity contribution in [1.82, 2.24) is 24.6 Å². The Balaban J connectivity index is 1.49. The first-order valence-corrected chi connectivity index (χ1v) is 11.4. The van der Waals surface area contributed by atoms with E-state index in [-0.39, 0.29) is 17.9 Å². The topological polar surface area (TPSA) is 84.2 Å². The Bertz CT molecular complexity index is 1220.